The van der Waals surface area contributed by atoms with Gasteiger partial charge in [-0.15, -0.1) is 0 Å². The lowest BCUT2D eigenvalue weighted by Gasteiger charge is -2.27. The molecule has 3 heteroatoms. The predicted octanol–water partition coefficient (Wildman–Crippen LogP) is 9.44. The van der Waals surface area contributed by atoms with Crippen molar-refractivity contribution in [2.45, 2.75) is 57.0 Å². The first-order valence-corrected chi connectivity index (χ1v) is 15.9. The molecule has 0 saturated carbocycles. The van der Waals surface area contributed by atoms with Crippen molar-refractivity contribution >= 4 is 27.4 Å². The lowest BCUT2D eigenvalue weighted by atomic mass is 10.2. The van der Waals surface area contributed by atoms with Gasteiger partial charge in [0.25, 0.3) is 0 Å². The van der Waals surface area contributed by atoms with Crippen molar-refractivity contribution in [2.24, 2.45) is 4.99 Å². The zero-order valence-corrected chi connectivity index (χ0v) is 22.7. The number of benzene rings is 2. The van der Waals surface area contributed by atoms with E-state index in [4.69, 9.17) is 0 Å². The number of nitrogens with zero attached hydrogens (tertiary/aromatic N) is 1. The van der Waals surface area contributed by atoms with Crippen LogP contribution in [0.5, 0.6) is 0 Å². The van der Waals surface area contributed by atoms with Crippen LogP contribution in [0, 0.1) is 0 Å². The third-order valence-corrected chi connectivity index (χ3v) is 12.1. The summed E-state index contributed by atoms with van der Waals surface area (Å²) in [4.78, 5) is 4.25. The van der Waals surface area contributed by atoms with E-state index in [1.54, 1.807) is 11.5 Å². The van der Waals surface area contributed by atoms with Crippen molar-refractivity contribution in [3.05, 3.63) is 126 Å². The zero-order chi connectivity index (χ0) is 24.3. The number of hydrogen-bond acceptors (Lipinski definition) is 1. The molecule has 0 N–H and O–H groups in total. The minimum Gasteiger partial charge on any atom is -0.270 e. The predicted molar refractivity (Wildman–Crippen MR) is 159 cm³/mol. The zero-order valence-electron chi connectivity index (χ0n) is 20.9. The van der Waals surface area contributed by atoms with E-state index in [9.17, 15) is 0 Å². The molecule has 2 aliphatic rings. The molecule has 0 heterocycles. The number of hydrogen-bond donors (Lipinski definition) is 0. The molecule has 0 fully saturated rings. The van der Waals surface area contributed by atoms with Gasteiger partial charge < -0.3 is 0 Å². The Balaban J connectivity index is 1.50. The Kier molecular flexibility index (Phi) is 10.1. The normalized spacial score (nSPS) is 18.1. The van der Waals surface area contributed by atoms with Crippen LogP contribution >= 0.6 is 15.8 Å². The molecule has 2 aliphatic carbocycles. The summed E-state index contributed by atoms with van der Waals surface area (Å²) in [6.07, 6.45) is 26.0. The fourth-order valence-corrected chi connectivity index (χ4v) is 9.62. The summed E-state index contributed by atoms with van der Waals surface area (Å²) in [5.41, 5.74) is 3.49. The molecular weight excluding hydrogens is 460 g/mol. The summed E-state index contributed by atoms with van der Waals surface area (Å²) in [7, 11) is -0.640. The second kappa shape index (κ2) is 13.7. The molecule has 0 radical (unpaired) electrons. The van der Waals surface area contributed by atoms with E-state index in [0.717, 1.165) is 18.7 Å². The Morgan fingerprint density at radius 2 is 1.46 bits per heavy atom. The highest BCUT2D eigenvalue weighted by atomic mass is 31.1. The topological polar surface area (TPSA) is 12.4 Å². The van der Waals surface area contributed by atoms with Gasteiger partial charge in [-0.2, -0.15) is 0 Å². The van der Waals surface area contributed by atoms with Crippen LogP contribution in [0.15, 0.2) is 119 Å². The van der Waals surface area contributed by atoms with E-state index in [1.807, 2.05) is 6.21 Å². The third-order valence-electron chi connectivity index (χ3n) is 6.57. The van der Waals surface area contributed by atoms with Crippen LogP contribution in [0.1, 0.15) is 50.2 Å². The molecule has 180 valence electrons. The smallest absolute Gasteiger partial charge is 0.0191 e. The van der Waals surface area contributed by atoms with Gasteiger partial charge in [-0.3, -0.25) is 4.99 Å². The average molecular weight is 498 g/mol. The highest BCUT2D eigenvalue weighted by Gasteiger charge is 2.21. The van der Waals surface area contributed by atoms with Crippen molar-refractivity contribution in [3.63, 3.8) is 0 Å². The summed E-state index contributed by atoms with van der Waals surface area (Å²) in [5.74, 6) is 0. The van der Waals surface area contributed by atoms with Gasteiger partial charge in [0.05, 0.1) is 0 Å². The molecule has 0 saturated heterocycles. The maximum absolute atomic E-state index is 4.25. The average Bonchev–Trinajstić information content (AvgIpc) is 2.92. The molecule has 0 aliphatic heterocycles. The van der Waals surface area contributed by atoms with Crippen LogP contribution in [-0.2, 0) is 12.3 Å². The summed E-state index contributed by atoms with van der Waals surface area (Å²) < 4.78 is 0. The highest BCUT2D eigenvalue weighted by molar-refractivity contribution is 7.69. The van der Waals surface area contributed by atoms with Crippen molar-refractivity contribution in [3.8, 4) is 0 Å². The van der Waals surface area contributed by atoms with Crippen LogP contribution in [0.25, 0.3) is 0 Å². The molecule has 0 aromatic heterocycles. The first kappa shape index (κ1) is 25.8. The van der Waals surface area contributed by atoms with Gasteiger partial charge in [-0.05, 0) is 78.9 Å². The van der Waals surface area contributed by atoms with Gasteiger partial charge in [0.2, 0.25) is 0 Å². The van der Waals surface area contributed by atoms with Crippen molar-refractivity contribution in [1.82, 2.24) is 0 Å². The Bertz CT molecular complexity index is 1110. The molecular formula is C32H37NP2. The molecule has 3 atom stereocenters. The summed E-state index contributed by atoms with van der Waals surface area (Å²) >= 11 is 0. The standard InChI is InChI=1S/C32H37NP2/c1-3-33-24-23-27(2)34(30-13-7-4-8-14-30)25-28-19-21-29(22-20-28)26-35(31-15-9-5-10-16-31)32-17-11-6-12-18-32/h3,5,7,9-11,13-22,24,27H,1,4,6,8,12,23,25-26H2,2H3. The Labute approximate surface area is 214 Å². The van der Waals surface area contributed by atoms with E-state index in [2.05, 4.69) is 110 Å². The van der Waals surface area contributed by atoms with Gasteiger partial charge in [0, 0.05) is 18.6 Å². The SMILES string of the molecule is C=CN=CCC(C)P(Cc1ccc(CP(C2=CCCC=C2)c2ccccc2)cc1)C1=CCCC=C1. The molecule has 1 nitrogen and oxygen atoms in total. The number of rotatable bonds is 11. The third kappa shape index (κ3) is 7.57. The lowest BCUT2D eigenvalue weighted by Crippen LogP contribution is -2.06. The quantitative estimate of drug-likeness (QED) is 0.217. The van der Waals surface area contributed by atoms with Crippen LogP contribution < -0.4 is 5.30 Å². The van der Waals surface area contributed by atoms with Crippen LogP contribution in [0.2, 0.25) is 0 Å². The minimum absolute atomic E-state index is 0.271. The van der Waals surface area contributed by atoms with E-state index < -0.39 is 0 Å². The fourth-order valence-electron chi connectivity index (χ4n) is 4.60. The van der Waals surface area contributed by atoms with Crippen LogP contribution in [0.4, 0.5) is 0 Å². The molecule has 2 aromatic carbocycles. The second-order valence-electron chi connectivity index (χ2n) is 9.18. The summed E-state index contributed by atoms with van der Waals surface area (Å²) in [5, 5.41) is 4.55. The number of aliphatic imine (C=N–C) groups is 1. The molecule has 0 bridgehead atoms. The Morgan fingerprint density at radius 3 is 2.06 bits per heavy atom. The molecule has 3 unspecified atom stereocenters. The van der Waals surface area contributed by atoms with Crippen LogP contribution in [-0.4, -0.2) is 11.9 Å². The first-order valence-electron chi connectivity index (χ1n) is 12.8. The van der Waals surface area contributed by atoms with E-state index in [0.29, 0.717) is 5.66 Å². The minimum atomic E-state index is -0.368. The van der Waals surface area contributed by atoms with Crippen molar-refractivity contribution in [2.75, 3.05) is 0 Å². The Hall–Kier alpha value is -2.33. The molecule has 0 amide bonds. The maximum atomic E-state index is 4.25. The van der Waals surface area contributed by atoms with Gasteiger partial charge >= 0.3 is 0 Å². The van der Waals surface area contributed by atoms with Gasteiger partial charge in [0.1, 0.15) is 0 Å². The molecule has 4 rings (SSSR count). The molecule has 35 heavy (non-hydrogen) atoms. The van der Waals surface area contributed by atoms with E-state index in [1.165, 1.54) is 47.4 Å². The van der Waals surface area contributed by atoms with E-state index in [-0.39, 0.29) is 15.8 Å². The largest absolute Gasteiger partial charge is 0.270 e. The fraction of sp³-hybridized carbons (Fsp3) is 0.281. The monoisotopic (exact) mass is 497 g/mol. The number of allylic oxidation sites excluding steroid dienone is 8. The Morgan fingerprint density at radius 1 is 0.829 bits per heavy atom. The van der Waals surface area contributed by atoms with E-state index >= 15 is 0 Å². The highest BCUT2D eigenvalue weighted by Crippen LogP contribution is 2.55. The maximum Gasteiger partial charge on any atom is 0.0191 e. The van der Waals surface area contributed by atoms with Gasteiger partial charge in [0.15, 0.2) is 0 Å². The summed E-state index contributed by atoms with van der Waals surface area (Å²) in [6, 6.07) is 20.6. The van der Waals surface area contributed by atoms with Crippen LogP contribution in [0.3, 0.4) is 0 Å². The van der Waals surface area contributed by atoms with Gasteiger partial charge in [-0.25, -0.2) is 0 Å². The van der Waals surface area contributed by atoms with Crippen molar-refractivity contribution in [1.29, 1.82) is 0 Å². The summed E-state index contributed by atoms with van der Waals surface area (Å²) in [6.45, 7) is 6.10. The molecule has 0 spiro atoms. The lowest BCUT2D eigenvalue weighted by molar-refractivity contribution is 0.995. The van der Waals surface area contributed by atoms with Gasteiger partial charge in [-0.1, -0.05) is 112 Å². The second-order valence-corrected chi connectivity index (χ2v) is 14.0. The van der Waals surface area contributed by atoms with Crippen molar-refractivity contribution < 1.29 is 0 Å². The molecule has 2 aromatic rings. The first-order chi connectivity index (χ1) is 17.2.